The van der Waals surface area contributed by atoms with Crippen molar-refractivity contribution in [1.29, 1.82) is 0 Å². The lowest BCUT2D eigenvalue weighted by molar-refractivity contribution is 0.376. The molecule has 0 fully saturated rings. The van der Waals surface area contributed by atoms with Gasteiger partial charge in [-0.05, 0) is 68.7 Å². The van der Waals surface area contributed by atoms with Crippen molar-refractivity contribution in [2.45, 2.75) is 27.7 Å². The molecule has 138 valence electrons. The molecule has 2 rings (SSSR count). The van der Waals surface area contributed by atoms with Crippen molar-refractivity contribution < 1.29 is 4.74 Å². The quantitative estimate of drug-likeness (QED) is 0.534. The van der Waals surface area contributed by atoms with Crippen molar-refractivity contribution in [3.05, 3.63) is 58.7 Å². The number of nitrogens with zero attached hydrogens (tertiary/aromatic N) is 3. The van der Waals surface area contributed by atoms with Gasteiger partial charge in [0, 0.05) is 26.2 Å². The maximum Gasteiger partial charge on any atom is 0.130 e. The summed E-state index contributed by atoms with van der Waals surface area (Å²) in [7, 11) is 3.83. The summed E-state index contributed by atoms with van der Waals surface area (Å²) < 4.78 is 5.95. The van der Waals surface area contributed by atoms with Crippen LogP contribution in [0.4, 0.5) is 5.69 Å². The van der Waals surface area contributed by atoms with Crippen molar-refractivity contribution >= 4 is 17.7 Å². The van der Waals surface area contributed by atoms with Crippen LogP contribution in [0.2, 0.25) is 0 Å². The molecule has 4 heteroatoms. The van der Waals surface area contributed by atoms with Crippen LogP contribution in [-0.4, -0.2) is 44.2 Å². The predicted molar refractivity (Wildman–Crippen MR) is 112 cm³/mol. The van der Waals surface area contributed by atoms with E-state index in [-0.39, 0.29) is 0 Å². The standard InChI is InChI=1S/C22H29N3O/c1-7-25(6)15-24-21-13-17(3)20(12-18(21)4)22(23-5)14-26-19-10-8-9-16(2)11-19/h8-13,15H,7,14H2,1-6H3. The van der Waals surface area contributed by atoms with E-state index in [0.717, 1.165) is 40.4 Å². The van der Waals surface area contributed by atoms with E-state index in [9.17, 15) is 0 Å². The summed E-state index contributed by atoms with van der Waals surface area (Å²) in [5.74, 6) is 0.865. The maximum atomic E-state index is 5.95. The van der Waals surface area contributed by atoms with Crippen molar-refractivity contribution in [3.8, 4) is 5.75 Å². The molecule has 0 aliphatic heterocycles. The first-order valence-corrected chi connectivity index (χ1v) is 8.95. The lowest BCUT2D eigenvalue weighted by atomic mass is 10.00. The third-order valence-electron chi connectivity index (χ3n) is 4.38. The molecule has 0 bridgehead atoms. The molecule has 0 saturated heterocycles. The van der Waals surface area contributed by atoms with Crippen LogP contribution in [0.3, 0.4) is 0 Å². The largest absolute Gasteiger partial charge is 0.487 e. The van der Waals surface area contributed by atoms with Crippen LogP contribution < -0.4 is 4.74 Å². The second kappa shape index (κ2) is 9.18. The first kappa shape index (κ1) is 19.7. The lowest BCUT2D eigenvalue weighted by Crippen LogP contribution is -2.15. The van der Waals surface area contributed by atoms with Gasteiger partial charge in [0.25, 0.3) is 0 Å². The molecule has 0 heterocycles. The fraction of sp³-hybridized carbons (Fsp3) is 0.364. The van der Waals surface area contributed by atoms with E-state index in [1.807, 2.05) is 38.6 Å². The zero-order chi connectivity index (χ0) is 19.1. The molecule has 0 saturated carbocycles. The molecule has 2 aromatic rings. The Morgan fingerprint density at radius 2 is 1.88 bits per heavy atom. The Hall–Kier alpha value is -2.62. The van der Waals surface area contributed by atoms with Crippen LogP contribution in [0.25, 0.3) is 0 Å². The highest BCUT2D eigenvalue weighted by atomic mass is 16.5. The second-order valence-corrected chi connectivity index (χ2v) is 6.55. The molecule has 0 amide bonds. The molecule has 0 unspecified atom stereocenters. The highest BCUT2D eigenvalue weighted by molar-refractivity contribution is 6.03. The maximum absolute atomic E-state index is 5.95. The van der Waals surface area contributed by atoms with Crippen LogP contribution in [0, 0.1) is 20.8 Å². The Bertz CT molecular complexity index is 809. The lowest BCUT2D eigenvalue weighted by Gasteiger charge is -2.14. The minimum absolute atomic E-state index is 0.446. The molecule has 0 aliphatic rings. The van der Waals surface area contributed by atoms with Gasteiger partial charge in [0.15, 0.2) is 0 Å². The van der Waals surface area contributed by atoms with E-state index in [0.29, 0.717) is 6.61 Å². The van der Waals surface area contributed by atoms with Gasteiger partial charge in [-0.1, -0.05) is 12.1 Å². The van der Waals surface area contributed by atoms with Gasteiger partial charge in [0.1, 0.15) is 12.4 Å². The zero-order valence-corrected chi connectivity index (χ0v) is 16.7. The number of hydrogen-bond donors (Lipinski definition) is 0. The van der Waals surface area contributed by atoms with Crippen LogP contribution in [0.15, 0.2) is 46.4 Å². The molecule has 0 atom stereocenters. The number of rotatable bonds is 7. The van der Waals surface area contributed by atoms with E-state index in [4.69, 9.17) is 4.74 Å². The predicted octanol–water partition coefficient (Wildman–Crippen LogP) is 4.72. The summed E-state index contributed by atoms with van der Waals surface area (Å²) in [6, 6.07) is 12.3. The average Bonchev–Trinajstić information content (AvgIpc) is 2.63. The van der Waals surface area contributed by atoms with Crippen LogP contribution in [0.1, 0.15) is 29.2 Å². The Kier molecular flexibility index (Phi) is 6.96. The Balaban J connectivity index is 2.20. The number of ether oxygens (including phenoxy) is 1. The number of benzene rings is 2. The minimum atomic E-state index is 0.446. The van der Waals surface area contributed by atoms with Gasteiger partial charge >= 0.3 is 0 Å². The van der Waals surface area contributed by atoms with Crippen molar-refractivity contribution in [3.63, 3.8) is 0 Å². The van der Waals surface area contributed by atoms with Gasteiger partial charge in [0.2, 0.25) is 0 Å². The van der Waals surface area contributed by atoms with Crippen molar-refractivity contribution in [2.24, 2.45) is 9.98 Å². The Morgan fingerprint density at radius 3 is 2.54 bits per heavy atom. The van der Waals surface area contributed by atoms with E-state index < -0.39 is 0 Å². The topological polar surface area (TPSA) is 37.2 Å². The minimum Gasteiger partial charge on any atom is -0.487 e. The van der Waals surface area contributed by atoms with Crippen LogP contribution in [-0.2, 0) is 0 Å². The zero-order valence-electron chi connectivity index (χ0n) is 16.7. The monoisotopic (exact) mass is 351 g/mol. The smallest absolute Gasteiger partial charge is 0.130 e. The average molecular weight is 351 g/mol. The molecule has 26 heavy (non-hydrogen) atoms. The van der Waals surface area contributed by atoms with Gasteiger partial charge in [0.05, 0.1) is 17.7 Å². The highest BCUT2D eigenvalue weighted by Crippen LogP contribution is 2.24. The number of aryl methyl sites for hydroxylation is 3. The summed E-state index contributed by atoms with van der Waals surface area (Å²) >= 11 is 0. The highest BCUT2D eigenvalue weighted by Gasteiger charge is 2.11. The molecule has 0 spiro atoms. The summed E-state index contributed by atoms with van der Waals surface area (Å²) in [6.45, 7) is 9.71. The SMILES string of the molecule is CCN(C)C=Nc1cc(C)c(C(COc2cccc(C)c2)=NC)cc1C. The van der Waals surface area contributed by atoms with Crippen molar-refractivity contribution in [1.82, 2.24) is 4.90 Å². The van der Waals surface area contributed by atoms with E-state index in [2.05, 4.69) is 60.8 Å². The first-order chi connectivity index (χ1) is 12.4. The molecule has 2 aromatic carbocycles. The molecule has 0 aliphatic carbocycles. The summed E-state index contributed by atoms with van der Waals surface area (Å²) in [6.07, 6.45) is 1.87. The van der Waals surface area contributed by atoms with Gasteiger partial charge < -0.3 is 9.64 Å². The number of hydrogen-bond acceptors (Lipinski definition) is 3. The van der Waals surface area contributed by atoms with Crippen LogP contribution in [0.5, 0.6) is 5.75 Å². The molecule has 0 aromatic heterocycles. The second-order valence-electron chi connectivity index (χ2n) is 6.55. The molecular weight excluding hydrogens is 322 g/mol. The third-order valence-corrected chi connectivity index (χ3v) is 4.38. The van der Waals surface area contributed by atoms with Gasteiger partial charge in [-0.2, -0.15) is 0 Å². The summed E-state index contributed by atoms with van der Waals surface area (Å²) in [5.41, 5.74) is 6.50. The van der Waals surface area contributed by atoms with Gasteiger partial charge in [-0.3, -0.25) is 4.99 Å². The first-order valence-electron chi connectivity index (χ1n) is 8.95. The molecule has 0 N–H and O–H groups in total. The van der Waals surface area contributed by atoms with Crippen molar-refractivity contribution in [2.75, 3.05) is 27.2 Å². The fourth-order valence-electron chi connectivity index (χ4n) is 2.61. The van der Waals surface area contributed by atoms with E-state index in [1.165, 1.54) is 5.56 Å². The normalized spacial score (nSPS) is 11.8. The van der Waals surface area contributed by atoms with Gasteiger partial charge in [-0.15, -0.1) is 0 Å². The Morgan fingerprint density at radius 1 is 1.12 bits per heavy atom. The number of aliphatic imine (C=N–C) groups is 2. The van der Waals surface area contributed by atoms with Crippen LogP contribution >= 0.6 is 0 Å². The molecule has 4 nitrogen and oxygen atoms in total. The third kappa shape index (κ3) is 5.19. The summed E-state index contributed by atoms with van der Waals surface area (Å²) in [5, 5.41) is 0. The van der Waals surface area contributed by atoms with Gasteiger partial charge in [-0.25, -0.2) is 4.99 Å². The summed E-state index contributed by atoms with van der Waals surface area (Å²) in [4.78, 5) is 11.1. The Labute approximate surface area is 157 Å². The molecule has 0 radical (unpaired) electrons. The fourth-order valence-corrected chi connectivity index (χ4v) is 2.61. The molecular formula is C22H29N3O. The van der Waals surface area contributed by atoms with E-state index in [1.54, 1.807) is 0 Å². The van der Waals surface area contributed by atoms with E-state index >= 15 is 0 Å².